The molecule has 4 aromatic rings. The lowest BCUT2D eigenvalue weighted by Gasteiger charge is -2.09. The maximum atomic E-state index is 13.8. The van der Waals surface area contributed by atoms with E-state index < -0.39 is 15.8 Å². The first-order valence-corrected chi connectivity index (χ1v) is 11.2. The van der Waals surface area contributed by atoms with E-state index in [2.05, 4.69) is 15.0 Å². The number of benzene rings is 3. The van der Waals surface area contributed by atoms with Crippen LogP contribution in [-0.4, -0.2) is 13.4 Å². The highest BCUT2D eigenvalue weighted by molar-refractivity contribution is 7.89. The highest BCUT2D eigenvalue weighted by atomic mass is 32.2. The Labute approximate surface area is 179 Å². The number of hydrogen-bond acceptors (Lipinski definition) is 3. The average Bonchev–Trinajstić information content (AvgIpc) is 3.17. The molecule has 0 unspecified atom stereocenters. The van der Waals surface area contributed by atoms with E-state index >= 15 is 0 Å². The molecule has 0 saturated carbocycles. The molecule has 0 radical (unpaired) electrons. The van der Waals surface area contributed by atoms with E-state index in [9.17, 15) is 17.2 Å². The predicted molar refractivity (Wildman–Crippen MR) is 116 cm³/mol. The summed E-state index contributed by atoms with van der Waals surface area (Å²) in [5.41, 5.74) is 2.89. The monoisotopic (exact) mass is 441 g/mol. The van der Waals surface area contributed by atoms with Gasteiger partial charge < -0.3 is 10.3 Å². The highest BCUT2D eigenvalue weighted by Gasteiger charge is 2.14. The number of aromatic amines is 1. The maximum absolute atomic E-state index is 13.8. The predicted octanol–water partition coefficient (Wildman–Crippen LogP) is 4.21. The molecule has 0 saturated heterocycles. The standard InChI is InChI=1S/C23H21F2N3O2S/c24-18-6-1-4-16(10-18)14-27-31(29,30)20-7-2-5-17(11-20)13-26-15-19-12-21-22(25)8-3-9-23(21)28-19/h1-12,26-28H,13-15H2. The van der Waals surface area contributed by atoms with Crippen molar-refractivity contribution in [2.45, 2.75) is 24.5 Å². The van der Waals surface area contributed by atoms with Crippen molar-refractivity contribution in [3.63, 3.8) is 0 Å². The number of nitrogens with one attached hydrogen (secondary N) is 3. The van der Waals surface area contributed by atoms with Gasteiger partial charge in [-0.15, -0.1) is 0 Å². The van der Waals surface area contributed by atoms with Crippen molar-refractivity contribution in [1.82, 2.24) is 15.0 Å². The molecule has 0 atom stereocenters. The molecule has 8 heteroatoms. The van der Waals surface area contributed by atoms with E-state index in [1.165, 1.54) is 30.3 Å². The fraction of sp³-hybridized carbons (Fsp3) is 0.130. The fourth-order valence-electron chi connectivity index (χ4n) is 3.34. The van der Waals surface area contributed by atoms with Gasteiger partial charge in [0.1, 0.15) is 11.6 Å². The van der Waals surface area contributed by atoms with Gasteiger partial charge in [-0.25, -0.2) is 21.9 Å². The molecule has 160 valence electrons. The highest BCUT2D eigenvalue weighted by Crippen LogP contribution is 2.19. The second-order valence-corrected chi connectivity index (χ2v) is 8.97. The van der Waals surface area contributed by atoms with Crippen LogP contribution in [0, 0.1) is 11.6 Å². The molecule has 0 aliphatic carbocycles. The van der Waals surface area contributed by atoms with Gasteiger partial charge in [0, 0.05) is 36.2 Å². The molecule has 0 bridgehead atoms. The third kappa shape index (κ3) is 5.16. The van der Waals surface area contributed by atoms with Crippen LogP contribution in [0.1, 0.15) is 16.8 Å². The Morgan fingerprint density at radius 1 is 0.806 bits per heavy atom. The van der Waals surface area contributed by atoms with E-state index in [0.717, 1.165) is 16.8 Å². The average molecular weight is 442 g/mol. The third-order valence-electron chi connectivity index (χ3n) is 4.88. The second kappa shape index (κ2) is 8.97. The Balaban J connectivity index is 1.38. The lowest BCUT2D eigenvalue weighted by atomic mass is 10.2. The first-order chi connectivity index (χ1) is 14.9. The summed E-state index contributed by atoms with van der Waals surface area (Å²) in [6.07, 6.45) is 0. The Hall–Kier alpha value is -3.07. The Morgan fingerprint density at radius 2 is 1.55 bits per heavy atom. The molecule has 0 amide bonds. The normalized spacial score (nSPS) is 11.8. The van der Waals surface area contributed by atoms with Crippen LogP contribution >= 0.6 is 0 Å². The van der Waals surface area contributed by atoms with Crippen LogP contribution in [-0.2, 0) is 29.7 Å². The fourth-order valence-corrected chi connectivity index (χ4v) is 4.43. The van der Waals surface area contributed by atoms with Gasteiger partial charge in [0.05, 0.1) is 4.90 Å². The molecule has 0 fully saturated rings. The zero-order valence-electron chi connectivity index (χ0n) is 16.5. The number of hydrogen-bond donors (Lipinski definition) is 3. The second-order valence-electron chi connectivity index (χ2n) is 7.20. The van der Waals surface area contributed by atoms with Gasteiger partial charge in [0.15, 0.2) is 0 Å². The Kier molecular flexibility index (Phi) is 6.13. The summed E-state index contributed by atoms with van der Waals surface area (Å²) in [4.78, 5) is 3.29. The minimum absolute atomic E-state index is 0.000482. The van der Waals surface area contributed by atoms with E-state index in [1.54, 1.807) is 30.3 Å². The first kappa shape index (κ1) is 21.2. The summed E-state index contributed by atoms with van der Waals surface area (Å²) >= 11 is 0. The van der Waals surface area contributed by atoms with Gasteiger partial charge in [-0.2, -0.15) is 0 Å². The zero-order chi connectivity index (χ0) is 21.8. The summed E-state index contributed by atoms with van der Waals surface area (Å²) in [6.45, 7) is 0.910. The third-order valence-corrected chi connectivity index (χ3v) is 6.27. The lowest BCUT2D eigenvalue weighted by Crippen LogP contribution is -2.23. The van der Waals surface area contributed by atoms with Crippen LogP contribution < -0.4 is 10.0 Å². The van der Waals surface area contributed by atoms with Gasteiger partial charge in [-0.05, 0) is 53.6 Å². The van der Waals surface area contributed by atoms with Crippen molar-refractivity contribution in [2.75, 3.05) is 0 Å². The lowest BCUT2D eigenvalue weighted by molar-refractivity contribution is 0.580. The number of fused-ring (bicyclic) bond motifs is 1. The maximum Gasteiger partial charge on any atom is 0.240 e. The SMILES string of the molecule is O=S(=O)(NCc1cccc(F)c1)c1cccc(CNCc2cc3c(F)cccc3[nH]2)c1. The molecule has 31 heavy (non-hydrogen) atoms. The van der Waals surface area contributed by atoms with Gasteiger partial charge >= 0.3 is 0 Å². The topological polar surface area (TPSA) is 74.0 Å². The largest absolute Gasteiger partial charge is 0.357 e. The molecule has 1 heterocycles. The summed E-state index contributed by atoms with van der Waals surface area (Å²) < 4.78 is 54.8. The van der Waals surface area contributed by atoms with Crippen LogP contribution in [0.4, 0.5) is 8.78 Å². The van der Waals surface area contributed by atoms with Gasteiger partial charge in [-0.3, -0.25) is 0 Å². The van der Waals surface area contributed by atoms with Crippen LogP contribution in [0.2, 0.25) is 0 Å². The number of rotatable bonds is 8. The van der Waals surface area contributed by atoms with E-state index in [-0.39, 0.29) is 17.3 Å². The Morgan fingerprint density at radius 3 is 2.32 bits per heavy atom. The van der Waals surface area contributed by atoms with Crippen molar-refractivity contribution < 1.29 is 17.2 Å². The van der Waals surface area contributed by atoms with Gasteiger partial charge in [-0.1, -0.05) is 30.3 Å². The molecular weight excluding hydrogens is 420 g/mol. The van der Waals surface area contributed by atoms with Crippen molar-refractivity contribution in [3.05, 3.63) is 101 Å². The van der Waals surface area contributed by atoms with Gasteiger partial charge in [0.2, 0.25) is 10.0 Å². The van der Waals surface area contributed by atoms with E-state index in [0.29, 0.717) is 24.0 Å². The van der Waals surface area contributed by atoms with Crippen LogP contribution in [0.15, 0.2) is 77.7 Å². The number of H-pyrrole nitrogens is 1. The number of sulfonamides is 1. The molecule has 4 rings (SSSR count). The summed E-state index contributed by atoms with van der Waals surface area (Å²) in [7, 11) is -3.74. The van der Waals surface area contributed by atoms with Crippen molar-refractivity contribution >= 4 is 20.9 Å². The number of aromatic nitrogens is 1. The minimum atomic E-state index is -3.74. The van der Waals surface area contributed by atoms with Crippen molar-refractivity contribution in [1.29, 1.82) is 0 Å². The molecule has 0 aliphatic rings. The quantitative estimate of drug-likeness (QED) is 0.383. The first-order valence-electron chi connectivity index (χ1n) is 9.70. The van der Waals surface area contributed by atoms with Crippen LogP contribution in [0.5, 0.6) is 0 Å². The van der Waals surface area contributed by atoms with E-state index in [1.807, 2.05) is 12.1 Å². The summed E-state index contributed by atoms with van der Waals surface area (Å²) in [6, 6.07) is 19.0. The minimum Gasteiger partial charge on any atom is -0.357 e. The molecule has 3 N–H and O–H groups in total. The molecule has 5 nitrogen and oxygen atoms in total. The summed E-state index contributed by atoms with van der Waals surface area (Å²) in [5.74, 6) is -0.689. The smallest absolute Gasteiger partial charge is 0.240 e. The van der Waals surface area contributed by atoms with Crippen LogP contribution in [0.25, 0.3) is 10.9 Å². The summed E-state index contributed by atoms with van der Waals surface area (Å²) in [5, 5.41) is 3.77. The Bertz CT molecular complexity index is 1320. The molecule has 0 spiro atoms. The number of halogens is 2. The molecular formula is C23H21F2N3O2S. The molecule has 0 aliphatic heterocycles. The van der Waals surface area contributed by atoms with Crippen molar-refractivity contribution in [3.8, 4) is 0 Å². The van der Waals surface area contributed by atoms with E-state index in [4.69, 9.17) is 0 Å². The van der Waals surface area contributed by atoms with Crippen LogP contribution in [0.3, 0.4) is 0 Å². The zero-order valence-corrected chi connectivity index (χ0v) is 17.3. The molecule has 1 aromatic heterocycles. The van der Waals surface area contributed by atoms with Crippen molar-refractivity contribution in [2.24, 2.45) is 0 Å². The van der Waals surface area contributed by atoms with Gasteiger partial charge in [0.25, 0.3) is 0 Å². The molecule has 3 aromatic carbocycles.